The van der Waals surface area contributed by atoms with Crippen LogP contribution in [0.3, 0.4) is 0 Å². The SMILES string of the molecule is O=S(=O)(c1ccc(OC(F)F)cc1)N1CCC2(CC1)CC(N1CCC3(CCOC3)C1)CO2. The maximum absolute atomic E-state index is 13.0. The Labute approximate surface area is 187 Å². The summed E-state index contributed by atoms with van der Waals surface area (Å²) in [6, 6.07) is 5.53. The zero-order valence-corrected chi connectivity index (χ0v) is 18.9. The van der Waals surface area contributed by atoms with Crippen LogP contribution in [-0.2, 0) is 19.5 Å². The molecule has 178 valence electrons. The van der Waals surface area contributed by atoms with E-state index in [-0.39, 0.29) is 16.2 Å². The zero-order valence-electron chi connectivity index (χ0n) is 18.0. The summed E-state index contributed by atoms with van der Waals surface area (Å²) in [5.41, 5.74) is 0.0661. The molecule has 0 amide bonds. The molecule has 4 aliphatic heterocycles. The van der Waals surface area contributed by atoms with E-state index < -0.39 is 16.6 Å². The first kappa shape index (κ1) is 22.5. The zero-order chi connectivity index (χ0) is 22.4. The van der Waals surface area contributed by atoms with Gasteiger partial charge in [0.1, 0.15) is 5.75 Å². The van der Waals surface area contributed by atoms with Crippen LogP contribution in [0.1, 0.15) is 32.1 Å². The van der Waals surface area contributed by atoms with Crippen molar-refractivity contribution in [2.75, 3.05) is 46.0 Å². The van der Waals surface area contributed by atoms with Crippen molar-refractivity contribution < 1.29 is 31.4 Å². The molecule has 7 nitrogen and oxygen atoms in total. The first-order chi connectivity index (χ1) is 15.3. The lowest BCUT2D eigenvalue weighted by atomic mass is 9.86. The Morgan fingerprint density at radius 3 is 2.47 bits per heavy atom. The van der Waals surface area contributed by atoms with E-state index in [0.29, 0.717) is 44.0 Å². The quantitative estimate of drug-likeness (QED) is 0.657. The van der Waals surface area contributed by atoms with Crippen molar-refractivity contribution in [3.63, 3.8) is 0 Å². The molecule has 10 heteroatoms. The van der Waals surface area contributed by atoms with Gasteiger partial charge in [0.25, 0.3) is 0 Å². The summed E-state index contributed by atoms with van der Waals surface area (Å²) in [4.78, 5) is 2.64. The second-order valence-corrected chi connectivity index (χ2v) is 11.6. The smallest absolute Gasteiger partial charge is 0.387 e. The van der Waals surface area contributed by atoms with Gasteiger partial charge in [-0.1, -0.05) is 0 Å². The molecular formula is C22H30F2N2O5S. The molecule has 1 aromatic rings. The number of rotatable bonds is 5. The molecule has 32 heavy (non-hydrogen) atoms. The van der Waals surface area contributed by atoms with Crippen molar-refractivity contribution in [2.45, 2.75) is 55.3 Å². The third kappa shape index (κ3) is 4.27. The average Bonchev–Trinajstić information content (AvgIpc) is 3.50. The largest absolute Gasteiger partial charge is 0.435 e. The number of hydrogen-bond donors (Lipinski definition) is 0. The van der Waals surface area contributed by atoms with Gasteiger partial charge in [0.2, 0.25) is 10.0 Å². The monoisotopic (exact) mass is 472 g/mol. The summed E-state index contributed by atoms with van der Waals surface area (Å²) < 4.78 is 68.4. The molecule has 2 spiro atoms. The summed E-state index contributed by atoms with van der Waals surface area (Å²) in [6.45, 7) is 2.43. The van der Waals surface area contributed by atoms with Gasteiger partial charge in [-0.3, -0.25) is 4.90 Å². The van der Waals surface area contributed by atoms with Gasteiger partial charge in [0.15, 0.2) is 0 Å². The van der Waals surface area contributed by atoms with Crippen LogP contribution in [0, 0.1) is 5.41 Å². The lowest BCUT2D eigenvalue weighted by Crippen LogP contribution is -2.47. The molecule has 0 saturated carbocycles. The van der Waals surface area contributed by atoms with E-state index in [1.165, 1.54) is 35.0 Å². The van der Waals surface area contributed by atoms with Crippen LogP contribution in [0.4, 0.5) is 8.78 Å². The van der Waals surface area contributed by atoms with Crippen molar-refractivity contribution in [3.05, 3.63) is 24.3 Å². The molecule has 4 fully saturated rings. The van der Waals surface area contributed by atoms with Gasteiger partial charge in [-0.2, -0.15) is 13.1 Å². The van der Waals surface area contributed by atoms with E-state index in [0.717, 1.165) is 39.1 Å². The van der Waals surface area contributed by atoms with Gasteiger partial charge in [-0.05, 0) is 62.9 Å². The second kappa shape index (κ2) is 8.47. The Bertz CT molecular complexity index is 913. The van der Waals surface area contributed by atoms with Crippen LogP contribution in [-0.4, -0.2) is 81.9 Å². The summed E-state index contributed by atoms with van der Waals surface area (Å²) >= 11 is 0. The van der Waals surface area contributed by atoms with Crippen molar-refractivity contribution in [1.29, 1.82) is 0 Å². The summed E-state index contributed by atoms with van der Waals surface area (Å²) in [7, 11) is -3.69. The van der Waals surface area contributed by atoms with E-state index in [9.17, 15) is 17.2 Å². The maximum Gasteiger partial charge on any atom is 0.387 e. The second-order valence-electron chi connectivity index (χ2n) is 9.63. The molecule has 2 atom stereocenters. The van der Waals surface area contributed by atoms with Crippen LogP contribution >= 0.6 is 0 Å². The van der Waals surface area contributed by atoms with Gasteiger partial charge in [-0.15, -0.1) is 0 Å². The highest BCUT2D eigenvalue weighted by atomic mass is 32.2. The molecule has 4 aliphatic rings. The summed E-state index contributed by atoms with van der Waals surface area (Å²) in [5, 5.41) is 0. The Balaban J connectivity index is 1.18. The van der Waals surface area contributed by atoms with Gasteiger partial charge in [0.05, 0.1) is 23.7 Å². The highest BCUT2D eigenvalue weighted by molar-refractivity contribution is 7.89. The van der Waals surface area contributed by atoms with Crippen LogP contribution in [0.2, 0.25) is 0 Å². The van der Waals surface area contributed by atoms with Crippen molar-refractivity contribution in [2.24, 2.45) is 5.41 Å². The Morgan fingerprint density at radius 1 is 1.06 bits per heavy atom. The minimum atomic E-state index is -3.69. The molecule has 0 aliphatic carbocycles. The molecule has 4 saturated heterocycles. The third-order valence-corrected chi connectivity index (χ3v) is 9.59. The predicted molar refractivity (Wildman–Crippen MR) is 112 cm³/mol. The molecule has 5 rings (SSSR count). The highest BCUT2D eigenvalue weighted by Gasteiger charge is 2.49. The average molecular weight is 473 g/mol. The Kier molecular flexibility index (Phi) is 5.94. The van der Waals surface area contributed by atoms with Gasteiger partial charge in [-0.25, -0.2) is 8.42 Å². The summed E-state index contributed by atoms with van der Waals surface area (Å²) in [6.07, 6.45) is 4.60. The maximum atomic E-state index is 13.0. The fraction of sp³-hybridized carbons (Fsp3) is 0.727. The van der Waals surface area contributed by atoms with E-state index in [1.807, 2.05) is 0 Å². The number of piperidine rings is 1. The first-order valence-corrected chi connectivity index (χ1v) is 12.7. The Morgan fingerprint density at radius 2 is 1.81 bits per heavy atom. The van der Waals surface area contributed by atoms with Crippen LogP contribution < -0.4 is 4.74 Å². The Hall–Kier alpha value is -1.33. The highest BCUT2D eigenvalue weighted by Crippen LogP contribution is 2.44. The van der Waals surface area contributed by atoms with Gasteiger partial charge < -0.3 is 14.2 Å². The molecule has 1 aromatic carbocycles. The van der Waals surface area contributed by atoms with Crippen molar-refractivity contribution in [1.82, 2.24) is 9.21 Å². The minimum Gasteiger partial charge on any atom is -0.435 e. The number of benzene rings is 1. The number of halogens is 2. The minimum absolute atomic E-state index is 0.0604. The fourth-order valence-corrected chi connectivity index (χ4v) is 7.17. The molecule has 0 aromatic heterocycles. The van der Waals surface area contributed by atoms with E-state index in [2.05, 4.69) is 9.64 Å². The summed E-state index contributed by atoms with van der Waals surface area (Å²) in [5.74, 6) is -0.0604. The number of nitrogens with zero attached hydrogens (tertiary/aromatic N) is 2. The number of sulfonamides is 1. The predicted octanol–water partition coefficient (Wildman–Crippen LogP) is 2.71. The number of alkyl halides is 2. The molecule has 0 radical (unpaired) electrons. The molecule has 0 bridgehead atoms. The molecule has 4 heterocycles. The van der Waals surface area contributed by atoms with Crippen molar-refractivity contribution >= 4 is 10.0 Å². The van der Waals surface area contributed by atoms with E-state index >= 15 is 0 Å². The van der Waals surface area contributed by atoms with Gasteiger partial charge >= 0.3 is 6.61 Å². The number of ether oxygens (including phenoxy) is 3. The fourth-order valence-electron chi connectivity index (χ4n) is 5.73. The van der Waals surface area contributed by atoms with Crippen LogP contribution in [0.15, 0.2) is 29.2 Å². The van der Waals surface area contributed by atoms with E-state index in [1.54, 1.807) is 0 Å². The van der Waals surface area contributed by atoms with Crippen LogP contribution in [0.25, 0.3) is 0 Å². The lowest BCUT2D eigenvalue weighted by molar-refractivity contribution is -0.0498. The normalized spacial score (nSPS) is 31.3. The van der Waals surface area contributed by atoms with E-state index in [4.69, 9.17) is 9.47 Å². The third-order valence-electron chi connectivity index (χ3n) is 7.68. The molecule has 2 unspecified atom stereocenters. The van der Waals surface area contributed by atoms with Gasteiger partial charge in [0, 0.05) is 37.7 Å². The number of likely N-dealkylation sites (tertiary alicyclic amines) is 1. The first-order valence-electron chi connectivity index (χ1n) is 11.3. The van der Waals surface area contributed by atoms with Crippen molar-refractivity contribution in [3.8, 4) is 5.75 Å². The standard InChI is InChI=1S/C22H30F2N2O5S/c23-20(24)31-18-1-3-19(4-2-18)32(27,28)26-10-6-22(7-11-26)13-17(14-30-22)25-9-5-21(15-25)8-12-29-16-21/h1-4,17,20H,5-16H2. The lowest BCUT2D eigenvalue weighted by Gasteiger charge is -2.38. The molecular weight excluding hydrogens is 442 g/mol. The topological polar surface area (TPSA) is 68.3 Å². The number of hydrogen-bond acceptors (Lipinski definition) is 6. The van der Waals surface area contributed by atoms with Crippen LogP contribution in [0.5, 0.6) is 5.75 Å². The molecule has 0 N–H and O–H groups in total.